The Labute approximate surface area is 163 Å². The molecule has 0 amide bonds. The van der Waals surface area contributed by atoms with Crippen molar-refractivity contribution < 1.29 is 13.8 Å². The van der Waals surface area contributed by atoms with Crippen LogP contribution >= 0.6 is 10.8 Å². The zero-order chi connectivity index (χ0) is 19.1. The van der Waals surface area contributed by atoms with Gasteiger partial charge in [-0.05, 0) is 18.6 Å². The zero-order valence-electron chi connectivity index (χ0n) is 15.3. The van der Waals surface area contributed by atoms with Crippen molar-refractivity contribution in [1.29, 1.82) is 0 Å². The molecule has 0 aliphatic carbocycles. The number of fused-ring (bicyclic) bond motifs is 1. The van der Waals surface area contributed by atoms with E-state index in [2.05, 4.69) is 20.1 Å². The van der Waals surface area contributed by atoms with E-state index >= 15 is 0 Å². The highest BCUT2D eigenvalue weighted by atomic mass is 32.3. The van der Waals surface area contributed by atoms with Crippen LogP contribution in [0.25, 0.3) is 22.3 Å². The zero-order valence-corrected chi connectivity index (χ0v) is 16.1. The van der Waals surface area contributed by atoms with Crippen LogP contribution in [0.2, 0.25) is 0 Å². The number of rotatable bonds is 3. The molecule has 2 saturated heterocycles. The van der Waals surface area contributed by atoms with Crippen molar-refractivity contribution in [2.75, 3.05) is 47.8 Å². The first-order valence-corrected chi connectivity index (χ1v) is 11.0. The minimum absolute atomic E-state index is 0.391. The molecular weight excluding hydrogens is 380 g/mol. The lowest BCUT2D eigenvalue weighted by Crippen LogP contribution is -2.37. The Kier molecular flexibility index (Phi) is 4.35. The molecule has 0 bridgehead atoms. The van der Waals surface area contributed by atoms with Gasteiger partial charge in [-0.2, -0.15) is 5.10 Å². The molecule has 0 unspecified atom stereocenters. The molecule has 5 heterocycles. The summed E-state index contributed by atoms with van der Waals surface area (Å²) in [4.78, 5) is 11.6. The lowest BCUT2D eigenvalue weighted by atomic mass is 10.1. The molecule has 2 fully saturated rings. The molecule has 2 aliphatic rings. The second kappa shape index (κ2) is 6.89. The third-order valence-corrected chi connectivity index (χ3v) is 7.11. The van der Waals surface area contributed by atoms with E-state index < -0.39 is 10.8 Å². The Bertz CT molecular complexity index is 990. The van der Waals surface area contributed by atoms with Gasteiger partial charge in [0.05, 0.1) is 30.3 Å². The number of morpholine rings is 1. The van der Waals surface area contributed by atoms with E-state index in [1.54, 1.807) is 16.7 Å². The van der Waals surface area contributed by atoms with E-state index in [0.717, 1.165) is 42.1 Å². The number of aromatic nitrogens is 4. The molecule has 3 N–H and O–H groups in total. The van der Waals surface area contributed by atoms with E-state index in [9.17, 15) is 9.11 Å². The molecule has 148 valence electrons. The van der Waals surface area contributed by atoms with E-state index in [-0.39, 0.29) is 0 Å². The van der Waals surface area contributed by atoms with Crippen molar-refractivity contribution in [1.82, 2.24) is 20.2 Å². The van der Waals surface area contributed by atoms with Crippen LogP contribution in [0.5, 0.6) is 0 Å². The lowest BCUT2D eigenvalue weighted by Gasteiger charge is -2.39. The van der Waals surface area contributed by atoms with Crippen molar-refractivity contribution in [3.8, 4) is 11.4 Å². The number of anilines is 2. The molecule has 10 heteroatoms. The first-order chi connectivity index (χ1) is 13.6. The van der Waals surface area contributed by atoms with Crippen molar-refractivity contribution in [3.63, 3.8) is 0 Å². The maximum absolute atomic E-state index is 10.6. The second-order valence-electron chi connectivity index (χ2n) is 6.92. The van der Waals surface area contributed by atoms with Crippen molar-refractivity contribution in [3.05, 3.63) is 30.6 Å². The van der Waals surface area contributed by atoms with Gasteiger partial charge in [0.25, 0.3) is 0 Å². The summed E-state index contributed by atoms with van der Waals surface area (Å²) in [5, 5.41) is 7.84. The number of nitrogens with zero attached hydrogens (tertiary/aromatic N) is 5. The molecule has 5 rings (SSSR count). The summed E-state index contributed by atoms with van der Waals surface area (Å²) in [5.41, 5.74) is 2.97. The van der Waals surface area contributed by atoms with Gasteiger partial charge in [0.2, 0.25) is 0 Å². The molecule has 0 radical (unpaired) electrons. The molecular formula is C18H22N6O3S. The fourth-order valence-electron chi connectivity index (χ4n) is 3.80. The third-order valence-electron chi connectivity index (χ3n) is 5.18. The maximum Gasteiger partial charge on any atom is 0.131 e. The van der Waals surface area contributed by atoms with Crippen LogP contribution in [0, 0.1) is 0 Å². The Hall–Kier alpha value is -2.40. The molecule has 2 aliphatic heterocycles. The average molecular weight is 402 g/mol. The first-order valence-electron chi connectivity index (χ1n) is 9.29. The largest absolute Gasteiger partial charge is 0.378 e. The number of aromatic amines is 1. The van der Waals surface area contributed by atoms with E-state index in [4.69, 9.17) is 9.72 Å². The fourth-order valence-corrected chi connectivity index (χ4v) is 5.43. The Morgan fingerprint density at radius 2 is 1.96 bits per heavy atom. The number of ether oxygens (including phenoxy) is 1. The van der Waals surface area contributed by atoms with Crippen LogP contribution in [-0.2, 0) is 4.74 Å². The van der Waals surface area contributed by atoms with E-state index in [0.29, 0.717) is 36.7 Å². The Balaban J connectivity index is 1.74. The van der Waals surface area contributed by atoms with Crippen molar-refractivity contribution >= 4 is 33.2 Å². The Morgan fingerprint density at radius 1 is 1.11 bits per heavy atom. The minimum Gasteiger partial charge on any atom is -0.378 e. The quantitative estimate of drug-likeness (QED) is 0.613. The van der Waals surface area contributed by atoms with Gasteiger partial charge in [-0.1, -0.05) is 0 Å². The van der Waals surface area contributed by atoms with Crippen LogP contribution in [0.1, 0.15) is 6.42 Å². The molecule has 3 aromatic rings. The molecule has 28 heavy (non-hydrogen) atoms. The van der Waals surface area contributed by atoms with Crippen molar-refractivity contribution in [2.24, 2.45) is 0 Å². The summed E-state index contributed by atoms with van der Waals surface area (Å²) in [6.45, 7) is 3.39. The number of hydrogen-bond donors (Lipinski definition) is 3. The molecule has 9 nitrogen and oxygen atoms in total. The minimum atomic E-state index is -2.82. The number of H-pyrrole nitrogens is 1. The second-order valence-corrected chi connectivity index (χ2v) is 9.03. The first kappa shape index (κ1) is 17.7. The van der Waals surface area contributed by atoms with Crippen molar-refractivity contribution in [2.45, 2.75) is 6.42 Å². The van der Waals surface area contributed by atoms with Gasteiger partial charge in [0.1, 0.15) is 17.0 Å². The summed E-state index contributed by atoms with van der Waals surface area (Å²) in [7, 11) is -2.82. The summed E-state index contributed by atoms with van der Waals surface area (Å²) in [6, 6.07) is 5.70. The highest BCUT2D eigenvalue weighted by Crippen LogP contribution is 2.53. The van der Waals surface area contributed by atoms with Gasteiger partial charge in [-0.3, -0.25) is 23.5 Å². The van der Waals surface area contributed by atoms with Crippen LogP contribution in [-0.4, -0.2) is 67.9 Å². The van der Waals surface area contributed by atoms with Gasteiger partial charge in [0, 0.05) is 43.5 Å². The average Bonchev–Trinajstić information content (AvgIpc) is 3.37. The smallest absolute Gasteiger partial charge is 0.131 e. The summed E-state index contributed by atoms with van der Waals surface area (Å²) < 4.78 is 28.4. The molecule has 0 atom stereocenters. The van der Waals surface area contributed by atoms with Crippen LogP contribution in [0.15, 0.2) is 30.6 Å². The third kappa shape index (κ3) is 2.98. The maximum atomic E-state index is 10.6. The fraction of sp³-hybridized carbons (Fsp3) is 0.389. The van der Waals surface area contributed by atoms with Gasteiger partial charge in [-0.15, -0.1) is 10.8 Å². The summed E-state index contributed by atoms with van der Waals surface area (Å²) in [5.74, 6) is 1.18. The standard InChI is InChI=1S/C18H22N6O3S/c25-28(26)11-1-6-24(28)15-12-16(23-7-9-27-10-8-23)21-17-13(15)2-4-19-18(17)14-3-5-20-22-14/h2-5,12,25-26H,1,6-11H2,(H,20,22). The predicted molar refractivity (Wildman–Crippen MR) is 110 cm³/mol. The van der Waals surface area contributed by atoms with E-state index in [1.807, 2.05) is 18.2 Å². The summed E-state index contributed by atoms with van der Waals surface area (Å²) in [6.07, 6.45) is 4.15. The number of hydrogen-bond acceptors (Lipinski definition) is 8. The van der Waals surface area contributed by atoms with Gasteiger partial charge >= 0.3 is 0 Å². The van der Waals surface area contributed by atoms with E-state index in [1.165, 1.54) is 0 Å². The normalized spacial score (nSPS) is 20.6. The Morgan fingerprint density at radius 3 is 2.68 bits per heavy atom. The van der Waals surface area contributed by atoms with Gasteiger partial charge in [-0.25, -0.2) is 4.98 Å². The van der Waals surface area contributed by atoms with Crippen LogP contribution in [0.3, 0.4) is 0 Å². The highest BCUT2D eigenvalue weighted by Gasteiger charge is 2.31. The lowest BCUT2D eigenvalue weighted by molar-refractivity contribution is 0.122. The predicted octanol–water partition coefficient (Wildman–Crippen LogP) is 2.73. The number of nitrogens with one attached hydrogen (secondary N) is 1. The van der Waals surface area contributed by atoms with Crippen LogP contribution < -0.4 is 9.21 Å². The highest BCUT2D eigenvalue weighted by molar-refractivity contribution is 8.25. The number of pyridine rings is 2. The SMILES string of the molecule is OS1(O)CCCN1c1cc(N2CCOCC2)nc2c(-c3ccn[nH]3)nccc12. The summed E-state index contributed by atoms with van der Waals surface area (Å²) >= 11 is 0. The van der Waals surface area contributed by atoms with Gasteiger partial charge < -0.3 is 9.64 Å². The molecule has 0 aromatic carbocycles. The van der Waals surface area contributed by atoms with Gasteiger partial charge in [0.15, 0.2) is 0 Å². The molecule has 0 saturated carbocycles. The monoisotopic (exact) mass is 402 g/mol. The van der Waals surface area contributed by atoms with Crippen LogP contribution in [0.4, 0.5) is 11.5 Å². The topological polar surface area (TPSA) is 111 Å². The molecule has 0 spiro atoms. The molecule has 3 aromatic heterocycles.